The second-order valence-corrected chi connectivity index (χ2v) is 11.2. The summed E-state index contributed by atoms with van der Waals surface area (Å²) >= 11 is 2.37. The molecule has 0 saturated heterocycles. The molecule has 0 amide bonds. The topological polar surface area (TPSA) is 113 Å². The summed E-state index contributed by atoms with van der Waals surface area (Å²) in [5.74, 6) is 2.93. The molecule has 9 rings (SSSR count). The van der Waals surface area contributed by atoms with Crippen molar-refractivity contribution in [2.24, 2.45) is 20.0 Å². The van der Waals surface area contributed by atoms with E-state index >= 15 is 0 Å². The molecule has 0 radical (unpaired) electrons. The van der Waals surface area contributed by atoms with Gasteiger partial charge in [-0.25, -0.2) is 20.0 Å². The Balaban J connectivity index is 1.52. The summed E-state index contributed by atoms with van der Waals surface area (Å²) in [6.45, 7) is 0. The normalized spacial score (nSPS) is 12.8. The molecular formula is C32H19IN8. The molecule has 8 nitrogen and oxygen atoms in total. The molecule has 8 aromatic rings. The van der Waals surface area contributed by atoms with E-state index in [1.807, 2.05) is 42.5 Å². The van der Waals surface area contributed by atoms with Gasteiger partial charge in [-0.3, -0.25) is 0 Å². The first kappa shape index (κ1) is 22.8. The van der Waals surface area contributed by atoms with Gasteiger partial charge in [0, 0.05) is 46.7 Å². The van der Waals surface area contributed by atoms with Gasteiger partial charge < -0.3 is 19.9 Å². The quantitative estimate of drug-likeness (QED) is 0.139. The average Bonchev–Trinajstić information content (AvgIpc) is 3.73. The minimum absolute atomic E-state index is 0.730. The lowest BCUT2D eigenvalue weighted by Crippen LogP contribution is -2.10. The first-order valence-corrected chi connectivity index (χ1v) is 14.3. The van der Waals surface area contributed by atoms with E-state index in [-0.39, 0.29) is 0 Å². The number of nitrogens with zero attached hydrogens (tertiary/aromatic N) is 4. The second kappa shape index (κ2) is 8.48. The summed E-state index contributed by atoms with van der Waals surface area (Å²) in [6.07, 6.45) is 0. The van der Waals surface area contributed by atoms with Gasteiger partial charge in [0.1, 0.15) is 45.2 Å². The number of hydrogen-bond donors (Lipinski definition) is 4. The van der Waals surface area contributed by atoms with Gasteiger partial charge in [-0.2, -0.15) is 0 Å². The van der Waals surface area contributed by atoms with Gasteiger partial charge >= 0.3 is 0 Å². The number of benzene rings is 4. The zero-order valence-electron chi connectivity index (χ0n) is 21.3. The molecule has 8 bridgehead atoms. The number of hydrogen-bond acceptors (Lipinski definition) is 4. The van der Waals surface area contributed by atoms with Crippen molar-refractivity contribution >= 4 is 89.0 Å². The van der Waals surface area contributed by atoms with Crippen molar-refractivity contribution in [3.63, 3.8) is 0 Å². The van der Waals surface area contributed by atoms with Gasteiger partial charge in [0.2, 0.25) is 0 Å². The molecular weight excluding hydrogens is 623 g/mol. The molecule has 4 aromatic heterocycles. The van der Waals surface area contributed by atoms with Crippen molar-refractivity contribution in [3.8, 4) is 0 Å². The highest BCUT2D eigenvalue weighted by Gasteiger charge is 2.15. The van der Waals surface area contributed by atoms with Crippen molar-refractivity contribution in [2.75, 3.05) is 0 Å². The van der Waals surface area contributed by atoms with E-state index in [1.165, 1.54) is 0 Å². The lowest BCUT2D eigenvalue weighted by molar-refractivity contribution is 1.08. The van der Waals surface area contributed by atoms with Crippen LogP contribution in [0.1, 0.15) is 0 Å². The average molecular weight is 642 g/mol. The summed E-state index contributed by atoms with van der Waals surface area (Å²) in [4.78, 5) is 34.5. The zero-order chi connectivity index (χ0) is 27.1. The third-order valence-electron chi connectivity index (χ3n) is 7.66. The summed E-state index contributed by atoms with van der Waals surface area (Å²) < 4.78 is 1.09. The fourth-order valence-corrected chi connectivity index (χ4v) is 6.53. The molecule has 0 fully saturated rings. The first-order chi connectivity index (χ1) is 20.2. The largest absolute Gasteiger partial charge is 0.324 e. The molecule has 0 spiro atoms. The highest BCUT2D eigenvalue weighted by molar-refractivity contribution is 14.1. The lowest BCUT2D eigenvalue weighted by atomic mass is 10.2. The predicted octanol–water partition coefficient (Wildman–Crippen LogP) is 6.34. The van der Waals surface area contributed by atoms with Gasteiger partial charge in [0.05, 0.1) is 0 Å². The van der Waals surface area contributed by atoms with E-state index in [1.54, 1.807) is 0 Å². The zero-order valence-corrected chi connectivity index (χ0v) is 23.5. The molecule has 5 heterocycles. The molecule has 9 heteroatoms. The van der Waals surface area contributed by atoms with Crippen molar-refractivity contribution in [2.45, 2.75) is 0 Å². The number of rotatable bonds is 0. The molecule has 1 aliphatic heterocycles. The maximum atomic E-state index is 5.14. The highest BCUT2D eigenvalue weighted by Crippen LogP contribution is 2.37. The smallest absolute Gasteiger partial charge is 0.143 e. The Morgan fingerprint density at radius 2 is 0.732 bits per heavy atom. The van der Waals surface area contributed by atoms with E-state index in [2.05, 4.69) is 91.1 Å². The Bertz CT molecular complexity index is 2610. The van der Waals surface area contributed by atoms with Gasteiger partial charge in [0.15, 0.2) is 0 Å². The summed E-state index contributed by atoms with van der Waals surface area (Å²) in [6, 6.07) is 30.7. The molecule has 0 aliphatic carbocycles. The summed E-state index contributed by atoms with van der Waals surface area (Å²) in [5.41, 5.74) is 2.92. The van der Waals surface area contributed by atoms with E-state index in [4.69, 9.17) is 20.0 Å². The van der Waals surface area contributed by atoms with Crippen LogP contribution in [-0.2, 0) is 0 Å². The van der Waals surface area contributed by atoms with Crippen LogP contribution >= 0.6 is 22.6 Å². The summed E-state index contributed by atoms with van der Waals surface area (Å²) in [7, 11) is 0. The Hall–Kier alpha value is -5.03. The molecule has 4 N–H and O–H groups in total. The van der Waals surface area contributed by atoms with E-state index in [0.717, 1.165) is 91.9 Å². The monoisotopic (exact) mass is 642 g/mol. The van der Waals surface area contributed by atoms with Crippen LogP contribution in [0.15, 0.2) is 111 Å². The van der Waals surface area contributed by atoms with E-state index in [9.17, 15) is 0 Å². The number of aromatic amines is 4. The standard InChI is InChI=1S/C32H19IN8/c33-23-15-7-14-22-24(23)32-40-30-21-13-6-5-12-20(21)28(38-30)36-26-17-9-2-1-8-16(17)25(34-26)35-27-18-10-3-4-11-19(18)29(37-27)39-31(22)41-32/h1-15H,(H4,34,35,36,37,38,39,40,41). The van der Waals surface area contributed by atoms with Crippen LogP contribution in [0.25, 0.3) is 43.1 Å². The number of H-pyrrole nitrogens is 4. The molecule has 0 unspecified atom stereocenters. The van der Waals surface area contributed by atoms with Gasteiger partial charge in [-0.1, -0.05) is 84.9 Å². The molecule has 0 saturated carbocycles. The van der Waals surface area contributed by atoms with Crippen LogP contribution in [-0.4, -0.2) is 19.9 Å². The molecule has 0 atom stereocenters. The molecule has 194 valence electrons. The number of fused-ring (bicyclic) bond motifs is 20. The third kappa shape index (κ3) is 3.39. The van der Waals surface area contributed by atoms with Crippen LogP contribution in [0.4, 0.5) is 23.3 Å². The lowest BCUT2D eigenvalue weighted by Gasteiger charge is -1.95. The number of nitrogens with one attached hydrogen (secondary N) is 4. The van der Waals surface area contributed by atoms with Crippen molar-refractivity contribution in [1.29, 1.82) is 0 Å². The highest BCUT2D eigenvalue weighted by atomic mass is 127. The Morgan fingerprint density at radius 1 is 0.366 bits per heavy atom. The molecule has 1 aliphatic rings. The maximum absolute atomic E-state index is 5.14. The molecule has 41 heavy (non-hydrogen) atoms. The second-order valence-electron chi connectivity index (χ2n) is 10.0. The first-order valence-electron chi connectivity index (χ1n) is 13.2. The maximum Gasteiger partial charge on any atom is 0.143 e. The van der Waals surface area contributed by atoms with Crippen LogP contribution in [0.2, 0.25) is 0 Å². The van der Waals surface area contributed by atoms with E-state index < -0.39 is 0 Å². The van der Waals surface area contributed by atoms with Crippen LogP contribution < -0.4 is 22.0 Å². The van der Waals surface area contributed by atoms with Gasteiger partial charge in [0.25, 0.3) is 0 Å². The fraction of sp³-hybridized carbons (Fsp3) is 0. The summed E-state index contributed by atoms with van der Waals surface area (Å²) in [5, 5.41) is 7.95. The van der Waals surface area contributed by atoms with Crippen LogP contribution in [0.3, 0.4) is 0 Å². The van der Waals surface area contributed by atoms with Crippen molar-refractivity contribution < 1.29 is 0 Å². The fourth-order valence-electron chi connectivity index (χ4n) is 5.78. The number of aromatic nitrogens is 4. The molecule has 4 aromatic carbocycles. The Morgan fingerprint density at radius 3 is 1.22 bits per heavy atom. The van der Waals surface area contributed by atoms with Crippen molar-refractivity contribution in [3.05, 3.63) is 117 Å². The van der Waals surface area contributed by atoms with E-state index in [0.29, 0.717) is 0 Å². The minimum atomic E-state index is 0.730. The Kier molecular flexibility index (Phi) is 4.71. The van der Waals surface area contributed by atoms with Gasteiger partial charge in [-0.15, -0.1) is 0 Å². The SMILES string of the molecule is Ic1cccc2c3[nH]c(c12)N=c1[nH]c(c2ccccc12)=Nc1[nH]c(c2ccccc12)N=c1[nH]c(c2ccccc12)=N3. The third-order valence-corrected chi connectivity index (χ3v) is 8.56. The predicted molar refractivity (Wildman–Crippen MR) is 169 cm³/mol. The number of halogens is 1. The Labute approximate surface area is 244 Å². The van der Waals surface area contributed by atoms with Crippen molar-refractivity contribution in [1.82, 2.24) is 19.9 Å². The van der Waals surface area contributed by atoms with Crippen LogP contribution in [0.5, 0.6) is 0 Å². The van der Waals surface area contributed by atoms with Crippen LogP contribution in [0, 0.1) is 3.57 Å². The van der Waals surface area contributed by atoms with Gasteiger partial charge in [-0.05, 0) is 28.7 Å². The minimum Gasteiger partial charge on any atom is -0.324 e.